The van der Waals surface area contributed by atoms with Crippen LogP contribution in [0.2, 0.25) is 0 Å². The third-order valence-electron chi connectivity index (χ3n) is 3.96. The number of aliphatic carboxylic acids is 1. The van der Waals surface area contributed by atoms with Gasteiger partial charge in [0.05, 0.1) is 5.60 Å². The van der Waals surface area contributed by atoms with Gasteiger partial charge in [-0.05, 0) is 18.4 Å². The van der Waals surface area contributed by atoms with E-state index in [9.17, 15) is 14.7 Å². The van der Waals surface area contributed by atoms with E-state index in [-0.39, 0.29) is 11.7 Å². The van der Waals surface area contributed by atoms with Gasteiger partial charge in [-0.3, -0.25) is 4.79 Å². The van der Waals surface area contributed by atoms with Gasteiger partial charge in [0.15, 0.2) is 0 Å². The molecule has 0 aromatic rings. The molecule has 2 atom stereocenters. The molecular formula is C15H22O4. The number of hydrogen-bond donors (Lipinski definition) is 2. The zero-order valence-corrected chi connectivity index (χ0v) is 11.9. The summed E-state index contributed by atoms with van der Waals surface area (Å²) < 4.78 is 0. The van der Waals surface area contributed by atoms with Crippen molar-refractivity contribution >= 4 is 11.8 Å². The molecule has 0 spiro atoms. The van der Waals surface area contributed by atoms with Crippen molar-refractivity contribution in [3.05, 3.63) is 23.8 Å². The standard InChI is InChI=1S/C15H22O4/c1-10(7-13(17)18)5-6-15(19)11(2)8-12(16)9-14(15,3)4/h5-7,11,19H,8-9H2,1-4H3,(H,17,18). The molecule has 0 aromatic carbocycles. The quantitative estimate of drug-likeness (QED) is 0.607. The van der Waals surface area contributed by atoms with Crippen LogP contribution in [0.4, 0.5) is 0 Å². The molecule has 0 aromatic heterocycles. The van der Waals surface area contributed by atoms with Crippen molar-refractivity contribution in [1.82, 2.24) is 0 Å². The van der Waals surface area contributed by atoms with Gasteiger partial charge in [0.2, 0.25) is 0 Å². The number of ketones is 1. The van der Waals surface area contributed by atoms with Gasteiger partial charge in [0.1, 0.15) is 5.78 Å². The Kier molecular flexibility index (Phi) is 4.35. The molecular weight excluding hydrogens is 244 g/mol. The van der Waals surface area contributed by atoms with Crippen LogP contribution < -0.4 is 0 Å². The maximum absolute atomic E-state index is 11.6. The summed E-state index contributed by atoms with van der Waals surface area (Å²) in [6.45, 7) is 7.24. The second-order valence-corrected chi connectivity index (χ2v) is 6.09. The topological polar surface area (TPSA) is 74.6 Å². The Labute approximate surface area is 113 Å². The molecule has 2 N–H and O–H groups in total. The molecule has 1 aliphatic carbocycles. The van der Waals surface area contributed by atoms with Crippen molar-refractivity contribution in [2.45, 2.75) is 46.1 Å². The number of carbonyl (C=O) groups excluding carboxylic acids is 1. The maximum atomic E-state index is 11.6. The van der Waals surface area contributed by atoms with Crippen LogP contribution in [-0.4, -0.2) is 27.6 Å². The number of Topliss-reactive ketones (excluding diaryl/α,β-unsaturated/α-hetero) is 1. The van der Waals surface area contributed by atoms with E-state index in [1.54, 1.807) is 19.1 Å². The number of carbonyl (C=O) groups is 2. The highest BCUT2D eigenvalue weighted by atomic mass is 16.4. The summed E-state index contributed by atoms with van der Waals surface area (Å²) in [5.41, 5.74) is -1.10. The fourth-order valence-corrected chi connectivity index (χ4v) is 2.76. The van der Waals surface area contributed by atoms with Crippen LogP contribution in [0.1, 0.15) is 40.5 Å². The van der Waals surface area contributed by atoms with Crippen LogP contribution in [0.25, 0.3) is 0 Å². The summed E-state index contributed by atoms with van der Waals surface area (Å²) >= 11 is 0. The summed E-state index contributed by atoms with van der Waals surface area (Å²) in [7, 11) is 0. The Morgan fingerprint density at radius 1 is 1.42 bits per heavy atom. The summed E-state index contributed by atoms with van der Waals surface area (Å²) in [6, 6.07) is 0. The Hall–Kier alpha value is -1.42. The molecule has 4 nitrogen and oxygen atoms in total. The Morgan fingerprint density at radius 3 is 2.47 bits per heavy atom. The minimum atomic E-state index is -1.10. The third-order valence-corrected chi connectivity index (χ3v) is 3.96. The molecule has 0 aliphatic heterocycles. The first-order valence-corrected chi connectivity index (χ1v) is 6.43. The summed E-state index contributed by atoms with van der Waals surface area (Å²) in [6.07, 6.45) is 5.03. The predicted octanol–water partition coefficient (Wildman–Crippen LogP) is 2.33. The lowest BCUT2D eigenvalue weighted by Crippen LogP contribution is -2.53. The van der Waals surface area contributed by atoms with Gasteiger partial charge in [-0.2, -0.15) is 0 Å². The van der Waals surface area contributed by atoms with Crippen LogP contribution in [0.5, 0.6) is 0 Å². The van der Waals surface area contributed by atoms with Gasteiger partial charge in [-0.1, -0.05) is 32.9 Å². The van der Waals surface area contributed by atoms with E-state index >= 15 is 0 Å². The normalized spacial score (nSPS) is 31.7. The van der Waals surface area contributed by atoms with Crippen LogP contribution in [-0.2, 0) is 9.59 Å². The molecule has 2 unspecified atom stereocenters. The molecule has 1 fully saturated rings. The van der Waals surface area contributed by atoms with Crippen LogP contribution >= 0.6 is 0 Å². The number of aliphatic hydroxyl groups is 1. The van der Waals surface area contributed by atoms with Crippen molar-refractivity contribution in [3.63, 3.8) is 0 Å². The zero-order chi connectivity index (χ0) is 14.8. The second-order valence-electron chi connectivity index (χ2n) is 6.09. The Balaban J connectivity index is 3.04. The minimum Gasteiger partial charge on any atom is -0.478 e. The minimum absolute atomic E-state index is 0.161. The largest absolute Gasteiger partial charge is 0.478 e. The van der Waals surface area contributed by atoms with E-state index in [0.717, 1.165) is 6.08 Å². The van der Waals surface area contributed by atoms with Gasteiger partial charge in [-0.15, -0.1) is 0 Å². The molecule has 1 aliphatic rings. The number of rotatable bonds is 3. The summed E-state index contributed by atoms with van der Waals surface area (Å²) in [4.78, 5) is 22.2. The monoisotopic (exact) mass is 266 g/mol. The van der Waals surface area contributed by atoms with E-state index in [4.69, 9.17) is 5.11 Å². The fraction of sp³-hybridized carbons (Fsp3) is 0.600. The van der Waals surface area contributed by atoms with E-state index in [1.165, 1.54) is 0 Å². The molecule has 0 bridgehead atoms. The van der Waals surface area contributed by atoms with Gasteiger partial charge in [0.25, 0.3) is 0 Å². The molecule has 0 saturated heterocycles. The van der Waals surface area contributed by atoms with E-state index in [1.807, 2.05) is 20.8 Å². The number of hydrogen-bond acceptors (Lipinski definition) is 3. The van der Waals surface area contributed by atoms with Gasteiger partial charge in [-0.25, -0.2) is 4.79 Å². The number of allylic oxidation sites excluding steroid dienone is 2. The molecule has 1 saturated carbocycles. The van der Waals surface area contributed by atoms with Crippen LogP contribution in [0.15, 0.2) is 23.8 Å². The highest BCUT2D eigenvalue weighted by molar-refractivity contribution is 5.81. The summed E-state index contributed by atoms with van der Waals surface area (Å²) in [5.74, 6) is -1.04. The fourth-order valence-electron chi connectivity index (χ4n) is 2.76. The average molecular weight is 266 g/mol. The van der Waals surface area contributed by atoms with Crippen LogP contribution in [0, 0.1) is 11.3 Å². The lowest BCUT2D eigenvalue weighted by molar-refractivity contribution is -0.142. The van der Waals surface area contributed by atoms with E-state index in [2.05, 4.69) is 0 Å². The third kappa shape index (κ3) is 3.32. The molecule has 0 radical (unpaired) electrons. The first-order valence-electron chi connectivity index (χ1n) is 6.43. The van der Waals surface area contributed by atoms with E-state index in [0.29, 0.717) is 18.4 Å². The first kappa shape index (κ1) is 15.6. The van der Waals surface area contributed by atoms with Gasteiger partial charge >= 0.3 is 5.97 Å². The second kappa shape index (κ2) is 5.29. The smallest absolute Gasteiger partial charge is 0.328 e. The maximum Gasteiger partial charge on any atom is 0.328 e. The predicted molar refractivity (Wildman–Crippen MR) is 72.7 cm³/mol. The van der Waals surface area contributed by atoms with Crippen molar-refractivity contribution in [1.29, 1.82) is 0 Å². The zero-order valence-electron chi connectivity index (χ0n) is 11.9. The van der Waals surface area contributed by atoms with E-state index < -0.39 is 17.0 Å². The molecule has 19 heavy (non-hydrogen) atoms. The highest BCUT2D eigenvalue weighted by Gasteiger charge is 2.50. The van der Waals surface area contributed by atoms with Gasteiger partial charge in [0, 0.05) is 24.3 Å². The first-order chi connectivity index (χ1) is 8.58. The Morgan fingerprint density at radius 2 is 2.00 bits per heavy atom. The molecule has 1 rings (SSSR count). The lowest BCUT2D eigenvalue weighted by Gasteiger charge is -2.48. The molecule has 0 heterocycles. The van der Waals surface area contributed by atoms with Crippen molar-refractivity contribution in [2.75, 3.05) is 0 Å². The lowest BCUT2D eigenvalue weighted by atomic mass is 9.60. The number of carboxylic acid groups (broad SMARTS) is 1. The van der Waals surface area contributed by atoms with Crippen molar-refractivity contribution < 1.29 is 19.8 Å². The average Bonchev–Trinajstić information content (AvgIpc) is 2.21. The summed E-state index contributed by atoms with van der Waals surface area (Å²) in [5, 5.41) is 19.5. The highest BCUT2D eigenvalue weighted by Crippen LogP contribution is 2.46. The van der Waals surface area contributed by atoms with Crippen molar-refractivity contribution in [2.24, 2.45) is 11.3 Å². The Bertz CT molecular complexity index is 445. The van der Waals surface area contributed by atoms with Gasteiger partial charge < -0.3 is 10.2 Å². The van der Waals surface area contributed by atoms with Crippen molar-refractivity contribution in [3.8, 4) is 0 Å². The molecule has 106 valence electrons. The number of carboxylic acids is 1. The SMILES string of the molecule is CC(C=CC1(O)C(C)CC(=O)CC1(C)C)=CC(=O)O. The molecule has 0 amide bonds. The van der Waals surface area contributed by atoms with Crippen LogP contribution in [0.3, 0.4) is 0 Å². The molecule has 4 heteroatoms.